The van der Waals surface area contributed by atoms with Gasteiger partial charge in [0.2, 0.25) is 0 Å². The Bertz CT molecular complexity index is 1110. The van der Waals surface area contributed by atoms with Crippen molar-refractivity contribution in [2.45, 2.75) is 84.8 Å². The van der Waals surface area contributed by atoms with Crippen molar-refractivity contribution in [3.8, 4) is 5.75 Å². The van der Waals surface area contributed by atoms with Gasteiger partial charge in [-0.25, -0.2) is 9.18 Å². The van der Waals surface area contributed by atoms with Gasteiger partial charge < -0.3 is 14.4 Å². The summed E-state index contributed by atoms with van der Waals surface area (Å²) in [6.45, 7) is 18.5. The van der Waals surface area contributed by atoms with Crippen LogP contribution in [0.5, 0.6) is 5.75 Å². The number of carbonyl (C=O) groups is 2. The zero-order valence-electron chi connectivity index (χ0n) is 24.4. The molecule has 2 aromatic rings. The van der Waals surface area contributed by atoms with Crippen molar-refractivity contribution in [3.63, 3.8) is 0 Å². The highest BCUT2D eigenvalue weighted by atomic mass is 19.1. The maximum Gasteiger partial charge on any atom is 0.337 e. The van der Waals surface area contributed by atoms with Crippen LogP contribution in [-0.4, -0.2) is 60.6 Å². The maximum absolute atomic E-state index is 13.4. The van der Waals surface area contributed by atoms with E-state index in [1.165, 1.54) is 19.2 Å². The van der Waals surface area contributed by atoms with E-state index >= 15 is 0 Å². The van der Waals surface area contributed by atoms with E-state index in [1.54, 1.807) is 0 Å². The molecular weight excluding hydrogens is 483 g/mol. The number of nitrogens with zero attached hydrogens (tertiary/aromatic N) is 2. The number of ether oxygens (including phenoxy) is 2. The van der Waals surface area contributed by atoms with E-state index in [2.05, 4.69) is 53.4 Å². The molecule has 208 valence electrons. The SMILES string of the molecule is COC(=O)c1cc(C(C)(C)C)c(OCC(=O)N2C[C@H](C)N(Cc3ccc(F)cc3)C[C@H]2C)c(C(C)(C)C)c1. The molecule has 0 aliphatic carbocycles. The van der Waals surface area contributed by atoms with Crippen LogP contribution in [0.15, 0.2) is 36.4 Å². The highest BCUT2D eigenvalue weighted by Gasteiger charge is 2.34. The summed E-state index contributed by atoms with van der Waals surface area (Å²) in [5.74, 6) is -0.0519. The van der Waals surface area contributed by atoms with Crippen molar-refractivity contribution < 1.29 is 23.5 Å². The first kappa shape index (κ1) is 29.6. The van der Waals surface area contributed by atoms with Crippen LogP contribution >= 0.6 is 0 Å². The third-order valence-electron chi connectivity index (χ3n) is 7.20. The van der Waals surface area contributed by atoms with Gasteiger partial charge in [0.25, 0.3) is 5.91 Å². The highest BCUT2D eigenvalue weighted by molar-refractivity contribution is 5.90. The van der Waals surface area contributed by atoms with Crippen molar-refractivity contribution >= 4 is 11.9 Å². The van der Waals surface area contributed by atoms with Crippen molar-refractivity contribution in [1.82, 2.24) is 9.80 Å². The van der Waals surface area contributed by atoms with Crippen LogP contribution in [0, 0.1) is 5.82 Å². The zero-order chi connectivity index (χ0) is 28.4. The second-order valence-corrected chi connectivity index (χ2v) is 12.5. The average Bonchev–Trinajstić information content (AvgIpc) is 2.83. The molecule has 1 fully saturated rings. The van der Waals surface area contributed by atoms with Crippen LogP contribution in [0.1, 0.15) is 82.4 Å². The van der Waals surface area contributed by atoms with Gasteiger partial charge in [0.05, 0.1) is 12.7 Å². The van der Waals surface area contributed by atoms with E-state index in [0.717, 1.165) is 23.2 Å². The standard InChI is InChI=1S/C31H43FN2O4/c1-20-17-34(21(2)16-33(20)18-22-10-12-24(32)13-11-22)27(35)19-38-28-25(30(3,4)5)14-23(29(36)37-9)15-26(28)31(6,7)8/h10-15,20-21H,16-19H2,1-9H3/t20-,21+/m0/s1. The molecule has 0 bridgehead atoms. The van der Waals surface area contributed by atoms with E-state index in [1.807, 2.05) is 36.1 Å². The first-order chi connectivity index (χ1) is 17.6. The minimum atomic E-state index is -0.398. The molecule has 2 aromatic carbocycles. The molecule has 1 heterocycles. The first-order valence-corrected chi connectivity index (χ1v) is 13.3. The van der Waals surface area contributed by atoms with E-state index in [4.69, 9.17) is 9.47 Å². The summed E-state index contributed by atoms with van der Waals surface area (Å²) in [6.07, 6.45) is 0. The van der Waals surface area contributed by atoms with Crippen molar-refractivity contribution in [2.75, 3.05) is 26.8 Å². The lowest BCUT2D eigenvalue weighted by molar-refractivity contribution is -0.139. The number of rotatable bonds is 6. The van der Waals surface area contributed by atoms with Crippen molar-refractivity contribution in [2.24, 2.45) is 0 Å². The summed E-state index contributed by atoms with van der Waals surface area (Å²) in [4.78, 5) is 30.1. The summed E-state index contributed by atoms with van der Waals surface area (Å²) >= 11 is 0. The molecule has 0 spiro atoms. The van der Waals surface area contributed by atoms with Gasteiger partial charge in [-0.15, -0.1) is 0 Å². The average molecular weight is 527 g/mol. The molecule has 7 heteroatoms. The summed E-state index contributed by atoms with van der Waals surface area (Å²) in [7, 11) is 1.38. The minimum Gasteiger partial charge on any atom is -0.483 e. The van der Waals surface area contributed by atoms with Gasteiger partial charge in [-0.2, -0.15) is 0 Å². The number of esters is 1. The first-order valence-electron chi connectivity index (χ1n) is 13.3. The fourth-order valence-electron chi connectivity index (χ4n) is 4.94. The number of hydrogen-bond acceptors (Lipinski definition) is 5. The molecule has 0 aromatic heterocycles. The second kappa shape index (κ2) is 11.4. The smallest absolute Gasteiger partial charge is 0.337 e. The molecule has 38 heavy (non-hydrogen) atoms. The maximum atomic E-state index is 13.4. The fourth-order valence-corrected chi connectivity index (χ4v) is 4.94. The number of halogens is 1. The number of benzene rings is 2. The monoisotopic (exact) mass is 526 g/mol. The molecule has 0 unspecified atom stereocenters. The number of methoxy groups -OCH3 is 1. The number of hydrogen-bond donors (Lipinski definition) is 0. The molecule has 0 radical (unpaired) electrons. The Hall–Kier alpha value is -2.93. The topological polar surface area (TPSA) is 59.1 Å². The van der Waals surface area contributed by atoms with E-state index in [-0.39, 0.29) is 41.2 Å². The summed E-state index contributed by atoms with van der Waals surface area (Å²) in [6, 6.07) is 10.4. The third kappa shape index (κ3) is 6.93. The highest BCUT2D eigenvalue weighted by Crippen LogP contribution is 2.41. The molecular formula is C31H43FN2O4. The Kier molecular flexibility index (Phi) is 8.92. The Morgan fingerprint density at radius 2 is 1.47 bits per heavy atom. The van der Waals surface area contributed by atoms with E-state index in [0.29, 0.717) is 24.4 Å². The summed E-state index contributed by atoms with van der Waals surface area (Å²) < 4.78 is 24.6. The predicted octanol–water partition coefficient (Wildman–Crippen LogP) is 5.71. The van der Waals surface area contributed by atoms with Crippen LogP contribution in [0.25, 0.3) is 0 Å². The molecule has 3 rings (SSSR count). The molecule has 1 aliphatic heterocycles. The van der Waals surface area contributed by atoms with Crippen LogP contribution in [-0.2, 0) is 26.9 Å². The molecule has 0 saturated carbocycles. The lowest BCUT2D eigenvalue weighted by Crippen LogP contribution is -2.58. The van der Waals surface area contributed by atoms with Gasteiger partial charge in [-0.05, 0) is 54.5 Å². The van der Waals surface area contributed by atoms with Crippen LogP contribution in [0.2, 0.25) is 0 Å². The van der Waals surface area contributed by atoms with E-state index in [9.17, 15) is 14.0 Å². The van der Waals surface area contributed by atoms with Gasteiger partial charge in [0.1, 0.15) is 11.6 Å². The molecule has 2 atom stereocenters. The zero-order valence-corrected chi connectivity index (χ0v) is 24.4. The van der Waals surface area contributed by atoms with Crippen LogP contribution in [0.4, 0.5) is 4.39 Å². The largest absolute Gasteiger partial charge is 0.483 e. The molecule has 1 saturated heterocycles. The van der Waals surface area contributed by atoms with Crippen molar-refractivity contribution in [1.29, 1.82) is 0 Å². The minimum absolute atomic E-state index is 0.00798. The van der Waals surface area contributed by atoms with Crippen LogP contribution in [0.3, 0.4) is 0 Å². The number of carbonyl (C=O) groups excluding carboxylic acids is 2. The second-order valence-electron chi connectivity index (χ2n) is 12.5. The van der Waals surface area contributed by atoms with E-state index < -0.39 is 5.97 Å². The third-order valence-corrected chi connectivity index (χ3v) is 7.20. The number of amides is 1. The lowest BCUT2D eigenvalue weighted by Gasteiger charge is -2.44. The Balaban J connectivity index is 1.80. The Labute approximate surface area is 227 Å². The Morgan fingerprint density at radius 3 is 1.97 bits per heavy atom. The molecule has 1 amide bonds. The van der Waals surface area contributed by atoms with Crippen molar-refractivity contribution in [3.05, 3.63) is 64.5 Å². The molecule has 0 N–H and O–H groups in total. The quantitative estimate of drug-likeness (QED) is 0.452. The lowest BCUT2D eigenvalue weighted by atomic mass is 9.78. The summed E-state index contributed by atoms with van der Waals surface area (Å²) in [5, 5.41) is 0. The van der Waals surface area contributed by atoms with Crippen LogP contribution < -0.4 is 4.74 Å². The van der Waals surface area contributed by atoms with Gasteiger partial charge in [-0.1, -0.05) is 53.7 Å². The molecule has 6 nitrogen and oxygen atoms in total. The Morgan fingerprint density at radius 1 is 0.921 bits per heavy atom. The fraction of sp³-hybridized carbons (Fsp3) is 0.548. The number of piperazine rings is 1. The van der Waals surface area contributed by atoms with Gasteiger partial charge in [0.15, 0.2) is 6.61 Å². The van der Waals surface area contributed by atoms with Gasteiger partial charge in [0, 0.05) is 42.8 Å². The summed E-state index contributed by atoms with van der Waals surface area (Å²) in [5.41, 5.74) is 2.60. The van der Waals surface area contributed by atoms with Gasteiger partial charge >= 0.3 is 5.97 Å². The predicted molar refractivity (Wildman–Crippen MR) is 148 cm³/mol. The normalized spacial score (nSPS) is 18.8. The molecule has 1 aliphatic rings. The van der Waals surface area contributed by atoms with Gasteiger partial charge in [-0.3, -0.25) is 9.69 Å².